The topological polar surface area (TPSA) is 95.6 Å². The van der Waals surface area contributed by atoms with Gasteiger partial charge >= 0.3 is 0 Å². The normalized spacial score (nSPS) is 15.5. The molecule has 0 saturated heterocycles. The Morgan fingerprint density at radius 2 is 2.23 bits per heavy atom. The maximum Gasteiger partial charge on any atom is 0.225 e. The highest BCUT2D eigenvalue weighted by atomic mass is 16.1. The maximum atomic E-state index is 11.4. The van der Waals surface area contributed by atoms with Gasteiger partial charge in [0, 0.05) is 26.1 Å². The van der Waals surface area contributed by atoms with Gasteiger partial charge in [0.15, 0.2) is 5.82 Å². The van der Waals surface area contributed by atoms with Crippen molar-refractivity contribution in [2.75, 3.05) is 12.3 Å². The van der Waals surface area contributed by atoms with Crippen molar-refractivity contribution in [1.29, 1.82) is 0 Å². The van der Waals surface area contributed by atoms with E-state index in [9.17, 15) is 4.79 Å². The Hall–Kier alpha value is -2.44. The van der Waals surface area contributed by atoms with Gasteiger partial charge < -0.3 is 10.6 Å². The smallest absolute Gasteiger partial charge is 0.225 e. The second-order valence-corrected chi connectivity index (χ2v) is 5.48. The van der Waals surface area contributed by atoms with Gasteiger partial charge in [-0.25, -0.2) is 4.98 Å². The van der Waals surface area contributed by atoms with E-state index in [0.717, 1.165) is 5.82 Å². The summed E-state index contributed by atoms with van der Waals surface area (Å²) >= 11 is 0. The second-order valence-electron chi connectivity index (χ2n) is 5.48. The maximum absolute atomic E-state index is 11.4. The molecule has 2 aromatic rings. The molecule has 116 valence electrons. The highest BCUT2D eigenvalue weighted by Crippen LogP contribution is 2.33. The first kappa shape index (κ1) is 13.2. The summed E-state index contributed by atoms with van der Waals surface area (Å²) in [6.07, 6.45) is 8.26. The molecule has 1 aliphatic rings. The third-order valence-electron chi connectivity index (χ3n) is 3.89. The minimum Gasteiger partial charge on any atom is -0.359 e. The molecule has 0 radical (unpaired) electrons. The molecule has 1 fully saturated rings. The van der Waals surface area contributed by atoms with E-state index in [1.165, 1.54) is 31.4 Å². The number of likely N-dealkylation sites (N-methyl/N-ethyl adjacent to an activating group) is 1. The lowest BCUT2D eigenvalue weighted by molar-refractivity contribution is -0.120. The number of nitrogens with zero attached hydrogens (tertiary/aromatic N) is 3. The lowest BCUT2D eigenvalue weighted by Crippen LogP contribution is -2.20. The van der Waals surface area contributed by atoms with Crippen LogP contribution in [0.4, 0.5) is 11.6 Å². The zero-order valence-corrected chi connectivity index (χ0v) is 12.3. The number of aromatic nitrogens is 4. The third kappa shape index (κ3) is 3.41. The average molecular weight is 301 g/mol. The SMILES string of the molecule is [2H]CNC(=O)Cc1cnc(Nc2cc(C3CCCC3)[nH]n2)cn1. The first-order chi connectivity index (χ1) is 11.2. The van der Waals surface area contributed by atoms with Gasteiger partial charge in [-0.05, 0) is 12.8 Å². The molecule has 22 heavy (non-hydrogen) atoms. The van der Waals surface area contributed by atoms with Crippen molar-refractivity contribution in [3.05, 3.63) is 29.8 Å². The standard InChI is InChI=1S/C15H20N6O/c1-16-15(22)6-11-8-18-14(9-17-11)19-13-7-12(20-21-13)10-4-2-3-5-10/h7-10H,2-6H2,1H3,(H,16,22)(H2,18,19,20,21)/i1D. The highest BCUT2D eigenvalue weighted by molar-refractivity contribution is 5.77. The number of anilines is 2. The molecule has 2 aromatic heterocycles. The summed E-state index contributed by atoms with van der Waals surface area (Å²) < 4.78 is 6.93. The van der Waals surface area contributed by atoms with Gasteiger partial charge in [0.2, 0.25) is 5.91 Å². The van der Waals surface area contributed by atoms with Gasteiger partial charge in [-0.1, -0.05) is 12.8 Å². The fraction of sp³-hybridized carbons (Fsp3) is 0.467. The molecule has 0 bridgehead atoms. The van der Waals surface area contributed by atoms with Crippen LogP contribution in [0.2, 0.25) is 0 Å². The van der Waals surface area contributed by atoms with Crippen molar-refractivity contribution in [3.8, 4) is 0 Å². The molecule has 3 N–H and O–H groups in total. The van der Waals surface area contributed by atoms with Crippen LogP contribution in [0.3, 0.4) is 0 Å². The summed E-state index contributed by atoms with van der Waals surface area (Å²) in [6, 6.07) is 2.02. The Morgan fingerprint density at radius 1 is 1.36 bits per heavy atom. The number of aromatic amines is 1. The van der Waals surface area contributed by atoms with E-state index < -0.39 is 0 Å². The van der Waals surface area contributed by atoms with Crippen LogP contribution >= 0.6 is 0 Å². The molecule has 7 nitrogen and oxygen atoms in total. The van der Waals surface area contributed by atoms with Crippen molar-refractivity contribution < 1.29 is 6.17 Å². The van der Waals surface area contributed by atoms with Crippen LogP contribution in [-0.2, 0) is 11.2 Å². The number of H-pyrrole nitrogens is 1. The number of rotatable bonds is 5. The molecule has 0 aromatic carbocycles. The first-order valence-electron chi connectivity index (χ1n) is 8.14. The molecule has 7 heteroatoms. The third-order valence-corrected chi connectivity index (χ3v) is 3.89. The van der Waals surface area contributed by atoms with Crippen molar-refractivity contribution in [3.63, 3.8) is 0 Å². The second kappa shape index (κ2) is 6.55. The number of hydrogen-bond acceptors (Lipinski definition) is 5. The van der Waals surface area contributed by atoms with E-state index in [-0.39, 0.29) is 19.4 Å². The summed E-state index contributed by atoms with van der Waals surface area (Å²) in [7, 11) is -0.131. The highest BCUT2D eigenvalue weighted by Gasteiger charge is 2.19. The van der Waals surface area contributed by atoms with Crippen LogP contribution in [0.1, 0.15) is 44.4 Å². The van der Waals surface area contributed by atoms with E-state index in [2.05, 4.69) is 30.8 Å². The number of hydrogen-bond donors (Lipinski definition) is 3. The Kier molecular flexibility index (Phi) is 3.94. The van der Waals surface area contributed by atoms with Gasteiger partial charge in [-0.3, -0.25) is 14.9 Å². The molecule has 1 amide bonds. The molecule has 1 saturated carbocycles. The van der Waals surface area contributed by atoms with Gasteiger partial charge in [0.1, 0.15) is 5.82 Å². The Labute approximate surface area is 130 Å². The number of amides is 1. The molecule has 0 atom stereocenters. The molecular formula is C15H20N6O. The number of nitrogens with one attached hydrogen (secondary N) is 3. The molecule has 0 aliphatic heterocycles. The van der Waals surface area contributed by atoms with E-state index in [1.807, 2.05) is 6.07 Å². The predicted octanol–water partition coefficient (Wildman–Crippen LogP) is 1.89. The molecule has 0 spiro atoms. The lowest BCUT2D eigenvalue weighted by atomic mass is 10.0. The Bertz CT molecular complexity index is 650. The molecule has 2 heterocycles. The average Bonchev–Trinajstić information content (AvgIpc) is 3.20. The van der Waals surface area contributed by atoms with Crippen molar-refractivity contribution in [2.45, 2.75) is 38.0 Å². The fourth-order valence-corrected chi connectivity index (χ4v) is 2.72. The van der Waals surface area contributed by atoms with Gasteiger partial charge in [0.25, 0.3) is 0 Å². The van der Waals surface area contributed by atoms with Gasteiger partial charge in [-0.15, -0.1) is 0 Å². The van der Waals surface area contributed by atoms with Crippen LogP contribution in [0, 0.1) is 0 Å². The predicted molar refractivity (Wildman–Crippen MR) is 82.9 cm³/mol. The molecule has 1 aliphatic carbocycles. The van der Waals surface area contributed by atoms with Crippen LogP contribution in [0.15, 0.2) is 18.5 Å². The largest absolute Gasteiger partial charge is 0.359 e. The number of carbonyl (C=O) groups is 1. The van der Waals surface area contributed by atoms with Crippen molar-refractivity contribution in [2.24, 2.45) is 0 Å². The minimum atomic E-state index is -0.233. The zero-order chi connectivity index (χ0) is 16.1. The number of carbonyl (C=O) groups excluding carboxylic acids is 1. The molecule has 0 unspecified atom stereocenters. The van der Waals surface area contributed by atoms with Crippen molar-refractivity contribution in [1.82, 2.24) is 25.5 Å². The monoisotopic (exact) mass is 301 g/mol. The Morgan fingerprint density at radius 3 is 2.95 bits per heavy atom. The van der Waals surface area contributed by atoms with E-state index in [4.69, 9.17) is 1.37 Å². The van der Waals surface area contributed by atoms with Gasteiger partial charge in [-0.2, -0.15) is 5.10 Å². The summed E-state index contributed by atoms with van der Waals surface area (Å²) in [4.78, 5) is 19.8. The van der Waals surface area contributed by atoms with E-state index >= 15 is 0 Å². The summed E-state index contributed by atoms with van der Waals surface area (Å²) in [6.45, 7) is 0. The first-order valence-corrected chi connectivity index (χ1v) is 7.44. The minimum absolute atomic E-state index is 0.125. The summed E-state index contributed by atoms with van der Waals surface area (Å²) in [5.74, 6) is 1.66. The van der Waals surface area contributed by atoms with Crippen LogP contribution in [0.25, 0.3) is 0 Å². The van der Waals surface area contributed by atoms with Crippen LogP contribution in [0.5, 0.6) is 0 Å². The van der Waals surface area contributed by atoms with E-state index in [0.29, 0.717) is 17.4 Å². The quantitative estimate of drug-likeness (QED) is 0.784. The van der Waals surface area contributed by atoms with Gasteiger partial charge in [0.05, 0.1) is 24.5 Å². The van der Waals surface area contributed by atoms with Crippen LogP contribution in [-0.4, -0.2) is 33.1 Å². The lowest BCUT2D eigenvalue weighted by Gasteiger charge is -2.04. The zero-order valence-electron chi connectivity index (χ0n) is 13.3. The fourth-order valence-electron chi connectivity index (χ4n) is 2.72. The summed E-state index contributed by atoms with van der Waals surface area (Å²) in [5.41, 5.74) is 1.73. The van der Waals surface area contributed by atoms with Crippen molar-refractivity contribution >= 4 is 17.5 Å². The summed E-state index contributed by atoms with van der Waals surface area (Å²) in [5, 5.41) is 12.9. The van der Waals surface area contributed by atoms with Crippen LogP contribution < -0.4 is 10.6 Å². The Balaban J connectivity index is 1.58. The molecular weight excluding hydrogens is 280 g/mol. The molecule has 3 rings (SSSR count). The van der Waals surface area contributed by atoms with E-state index in [1.54, 1.807) is 12.4 Å².